The van der Waals surface area contributed by atoms with Gasteiger partial charge in [-0.2, -0.15) is 13.2 Å². The van der Waals surface area contributed by atoms with Gasteiger partial charge < -0.3 is 10.1 Å². The van der Waals surface area contributed by atoms with Crippen LogP contribution in [0.5, 0.6) is 5.75 Å². The number of carbonyl (C=O) groups is 1. The lowest BCUT2D eigenvalue weighted by molar-refractivity contribution is -0.153. The standard InChI is InChI=1S/C16H10F7NO2/c17-11-5-10(12(18)14(20)13(11)19)15(25)24-6-8-1-3-9(4-2-8)26-7-16(21,22)23/h1-5H,6-7H2,(H,24,25). The minimum Gasteiger partial charge on any atom is -0.484 e. The number of nitrogens with one attached hydrogen (secondary N) is 1. The van der Waals surface area contributed by atoms with Crippen LogP contribution < -0.4 is 10.1 Å². The smallest absolute Gasteiger partial charge is 0.422 e. The van der Waals surface area contributed by atoms with Gasteiger partial charge in [-0.3, -0.25) is 4.79 Å². The summed E-state index contributed by atoms with van der Waals surface area (Å²) < 4.78 is 93.1. The number of ether oxygens (including phenoxy) is 1. The first kappa shape index (κ1) is 19.5. The van der Waals surface area contributed by atoms with Crippen LogP contribution in [-0.4, -0.2) is 18.7 Å². The number of rotatable bonds is 5. The van der Waals surface area contributed by atoms with Crippen LogP contribution in [0.3, 0.4) is 0 Å². The third-order valence-electron chi connectivity index (χ3n) is 3.13. The first-order chi connectivity index (χ1) is 12.1. The number of hydrogen-bond acceptors (Lipinski definition) is 2. The van der Waals surface area contributed by atoms with Gasteiger partial charge in [0.05, 0.1) is 5.56 Å². The van der Waals surface area contributed by atoms with Crippen molar-refractivity contribution in [3.63, 3.8) is 0 Å². The number of carbonyl (C=O) groups excluding carboxylic acids is 1. The van der Waals surface area contributed by atoms with E-state index in [1.165, 1.54) is 24.3 Å². The summed E-state index contributed by atoms with van der Waals surface area (Å²) in [6.07, 6.45) is -4.49. The summed E-state index contributed by atoms with van der Waals surface area (Å²) in [6.45, 7) is -1.69. The molecular weight excluding hydrogens is 371 g/mol. The Morgan fingerprint density at radius 1 is 0.962 bits per heavy atom. The minimum atomic E-state index is -4.49. The molecule has 1 amide bonds. The quantitative estimate of drug-likeness (QED) is 0.481. The van der Waals surface area contributed by atoms with Gasteiger partial charge in [-0.25, -0.2) is 17.6 Å². The second-order valence-corrected chi connectivity index (χ2v) is 5.08. The van der Waals surface area contributed by atoms with Crippen LogP contribution in [0.2, 0.25) is 0 Å². The molecule has 0 fully saturated rings. The molecule has 10 heteroatoms. The van der Waals surface area contributed by atoms with E-state index in [1.807, 2.05) is 0 Å². The predicted molar refractivity (Wildman–Crippen MR) is 75.4 cm³/mol. The molecule has 2 aromatic rings. The summed E-state index contributed by atoms with van der Waals surface area (Å²) in [5.74, 6) is -8.96. The van der Waals surface area contributed by atoms with Crippen molar-refractivity contribution in [2.75, 3.05) is 6.61 Å². The molecule has 140 valence electrons. The van der Waals surface area contributed by atoms with Crippen molar-refractivity contribution >= 4 is 5.91 Å². The second kappa shape index (κ2) is 7.63. The van der Waals surface area contributed by atoms with E-state index in [1.54, 1.807) is 0 Å². The highest BCUT2D eigenvalue weighted by Gasteiger charge is 2.28. The van der Waals surface area contributed by atoms with E-state index in [-0.39, 0.29) is 18.4 Å². The largest absolute Gasteiger partial charge is 0.484 e. The summed E-state index contributed by atoms with van der Waals surface area (Å²) in [7, 11) is 0. The van der Waals surface area contributed by atoms with E-state index in [4.69, 9.17) is 0 Å². The van der Waals surface area contributed by atoms with Crippen LogP contribution >= 0.6 is 0 Å². The SMILES string of the molecule is O=C(NCc1ccc(OCC(F)(F)F)cc1)c1cc(F)c(F)c(F)c1F. The zero-order valence-corrected chi connectivity index (χ0v) is 12.8. The monoisotopic (exact) mass is 381 g/mol. The average Bonchev–Trinajstić information content (AvgIpc) is 2.59. The van der Waals surface area contributed by atoms with Gasteiger partial charge >= 0.3 is 6.18 Å². The Morgan fingerprint density at radius 3 is 2.15 bits per heavy atom. The van der Waals surface area contributed by atoms with E-state index < -0.39 is 47.5 Å². The van der Waals surface area contributed by atoms with Crippen molar-refractivity contribution < 1.29 is 40.3 Å². The lowest BCUT2D eigenvalue weighted by atomic mass is 10.1. The van der Waals surface area contributed by atoms with Crippen LogP contribution in [0.4, 0.5) is 30.7 Å². The summed E-state index contributed by atoms with van der Waals surface area (Å²) >= 11 is 0. The molecular formula is C16H10F7NO2. The van der Waals surface area contributed by atoms with E-state index in [0.29, 0.717) is 5.56 Å². The van der Waals surface area contributed by atoms with E-state index in [2.05, 4.69) is 10.1 Å². The molecule has 3 nitrogen and oxygen atoms in total. The molecule has 0 spiro atoms. The molecule has 26 heavy (non-hydrogen) atoms. The fraction of sp³-hybridized carbons (Fsp3) is 0.188. The third-order valence-corrected chi connectivity index (χ3v) is 3.13. The molecule has 2 rings (SSSR count). The Bertz CT molecular complexity index is 804. The molecule has 0 aromatic heterocycles. The minimum absolute atomic E-state index is 0.0638. The Labute approximate surface area is 142 Å². The highest BCUT2D eigenvalue weighted by Crippen LogP contribution is 2.20. The summed E-state index contributed by atoms with van der Waals surface area (Å²) in [6, 6.07) is 5.30. The van der Waals surface area contributed by atoms with Crippen LogP contribution in [0, 0.1) is 23.3 Å². The summed E-state index contributed by atoms with van der Waals surface area (Å²) in [4.78, 5) is 11.8. The zero-order chi connectivity index (χ0) is 19.5. The van der Waals surface area contributed by atoms with E-state index >= 15 is 0 Å². The summed E-state index contributed by atoms with van der Waals surface area (Å²) in [5, 5.41) is 2.15. The van der Waals surface area contributed by atoms with Gasteiger partial charge in [0.2, 0.25) is 0 Å². The number of alkyl halides is 3. The number of benzene rings is 2. The molecule has 0 saturated heterocycles. The topological polar surface area (TPSA) is 38.3 Å². The molecule has 2 aromatic carbocycles. The van der Waals surface area contributed by atoms with Crippen molar-refractivity contribution in [3.8, 4) is 5.75 Å². The van der Waals surface area contributed by atoms with Crippen LogP contribution in [0.25, 0.3) is 0 Å². The number of halogens is 7. The fourth-order valence-electron chi connectivity index (χ4n) is 1.88. The molecule has 0 bridgehead atoms. The van der Waals surface area contributed by atoms with E-state index in [0.717, 1.165) is 0 Å². The average molecular weight is 381 g/mol. The number of amides is 1. The van der Waals surface area contributed by atoms with Crippen molar-refractivity contribution in [2.24, 2.45) is 0 Å². The van der Waals surface area contributed by atoms with Gasteiger partial charge in [0.1, 0.15) is 5.75 Å². The fourth-order valence-corrected chi connectivity index (χ4v) is 1.88. The molecule has 0 heterocycles. The Balaban J connectivity index is 2.00. The maximum absolute atomic E-state index is 13.5. The molecule has 1 N–H and O–H groups in total. The molecule has 0 saturated carbocycles. The molecule has 0 atom stereocenters. The second-order valence-electron chi connectivity index (χ2n) is 5.08. The third kappa shape index (κ3) is 4.87. The van der Waals surface area contributed by atoms with Crippen LogP contribution in [0.15, 0.2) is 30.3 Å². The zero-order valence-electron chi connectivity index (χ0n) is 12.8. The molecule has 0 aliphatic carbocycles. The van der Waals surface area contributed by atoms with Gasteiger partial charge in [-0.1, -0.05) is 12.1 Å². The van der Waals surface area contributed by atoms with Crippen molar-refractivity contribution in [1.82, 2.24) is 5.32 Å². The maximum Gasteiger partial charge on any atom is 0.422 e. The molecule has 0 aliphatic heterocycles. The Hall–Kier alpha value is -2.78. The molecule has 0 radical (unpaired) electrons. The first-order valence-electron chi connectivity index (χ1n) is 6.98. The molecule has 0 aliphatic rings. The lowest BCUT2D eigenvalue weighted by Gasteiger charge is -2.10. The highest BCUT2D eigenvalue weighted by atomic mass is 19.4. The van der Waals surface area contributed by atoms with Gasteiger partial charge in [0.15, 0.2) is 29.9 Å². The summed E-state index contributed by atoms with van der Waals surface area (Å²) in [5.41, 5.74) is -0.632. The maximum atomic E-state index is 13.5. The van der Waals surface area contributed by atoms with Gasteiger partial charge in [-0.05, 0) is 23.8 Å². The van der Waals surface area contributed by atoms with Crippen molar-refractivity contribution in [3.05, 3.63) is 64.7 Å². The van der Waals surface area contributed by atoms with Crippen LogP contribution in [0.1, 0.15) is 15.9 Å². The first-order valence-corrected chi connectivity index (χ1v) is 6.98. The highest BCUT2D eigenvalue weighted by molar-refractivity contribution is 5.94. The predicted octanol–water partition coefficient (Wildman–Crippen LogP) is 4.11. The van der Waals surface area contributed by atoms with Gasteiger partial charge in [-0.15, -0.1) is 0 Å². The normalized spacial score (nSPS) is 11.3. The van der Waals surface area contributed by atoms with E-state index in [9.17, 15) is 35.5 Å². The van der Waals surface area contributed by atoms with Crippen molar-refractivity contribution in [2.45, 2.75) is 12.7 Å². The Morgan fingerprint density at radius 2 is 1.58 bits per heavy atom. The Kier molecular flexibility index (Phi) is 5.73. The van der Waals surface area contributed by atoms with Gasteiger partial charge in [0, 0.05) is 6.54 Å². The molecule has 0 unspecified atom stereocenters. The van der Waals surface area contributed by atoms with Gasteiger partial charge in [0.25, 0.3) is 5.91 Å². The van der Waals surface area contributed by atoms with Crippen LogP contribution in [-0.2, 0) is 6.54 Å². The number of hydrogen-bond donors (Lipinski definition) is 1. The lowest BCUT2D eigenvalue weighted by Crippen LogP contribution is -2.25. The van der Waals surface area contributed by atoms with Crippen molar-refractivity contribution in [1.29, 1.82) is 0 Å².